The van der Waals surface area contributed by atoms with Crippen molar-refractivity contribution in [2.24, 2.45) is 0 Å². The first-order valence-corrected chi connectivity index (χ1v) is 4.88. The van der Waals surface area contributed by atoms with Gasteiger partial charge in [0.15, 0.2) is 0 Å². The van der Waals surface area contributed by atoms with Crippen molar-refractivity contribution in [2.45, 2.75) is 25.3 Å². The number of hydrogen-bond acceptors (Lipinski definition) is 2. The molecule has 0 aliphatic heterocycles. The molecule has 3 N–H and O–H groups in total. The maximum Gasteiger partial charge on any atom is 0.123 e. The van der Waals surface area contributed by atoms with E-state index in [4.69, 9.17) is 0 Å². The van der Waals surface area contributed by atoms with Gasteiger partial charge in [-0.2, -0.15) is 0 Å². The van der Waals surface area contributed by atoms with Crippen LogP contribution in [0.5, 0.6) is 0 Å². The first kappa shape index (κ1) is 11.7. The van der Waals surface area contributed by atoms with Crippen molar-refractivity contribution >= 4 is 5.97 Å². The summed E-state index contributed by atoms with van der Waals surface area (Å²) in [5.74, 6) is -1.32. The number of benzene rings is 1. The molecule has 1 aromatic carbocycles. The van der Waals surface area contributed by atoms with Gasteiger partial charge in [0.2, 0.25) is 0 Å². The highest BCUT2D eigenvalue weighted by Crippen LogP contribution is 2.15. The van der Waals surface area contributed by atoms with Gasteiger partial charge in [0, 0.05) is 18.0 Å². The molecule has 0 saturated carbocycles. The smallest absolute Gasteiger partial charge is 0.123 e. The number of carboxylic acids is 1. The van der Waals surface area contributed by atoms with Gasteiger partial charge < -0.3 is 15.6 Å². The summed E-state index contributed by atoms with van der Waals surface area (Å²) in [6.07, 6.45) is 1.25. The van der Waals surface area contributed by atoms with Gasteiger partial charge >= 0.3 is 0 Å². The van der Waals surface area contributed by atoms with Crippen molar-refractivity contribution in [3.8, 4) is 0 Å². The van der Waals surface area contributed by atoms with Gasteiger partial charge in [-0.15, -0.1) is 0 Å². The number of aliphatic carboxylic acids is 1. The first-order valence-electron chi connectivity index (χ1n) is 4.88. The van der Waals surface area contributed by atoms with Crippen LogP contribution in [0, 0.1) is 5.82 Å². The van der Waals surface area contributed by atoms with E-state index in [9.17, 15) is 14.3 Å². The zero-order chi connectivity index (χ0) is 11.3. The SMILES string of the molecule is [NH3+][C@@H](CCCC(=O)[O-])c1ccc(F)cc1. The zero-order valence-corrected chi connectivity index (χ0v) is 8.41. The molecule has 0 aliphatic carbocycles. The fraction of sp³-hybridized carbons (Fsp3) is 0.364. The summed E-state index contributed by atoms with van der Waals surface area (Å²) < 4.78 is 12.6. The molecule has 1 atom stereocenters. The van der Waals surface area contributed by atoms with Gasteiger partial charge in [-0.25, -0.2) is 4.39 Å². The lowest BCUT2D eigenvalue weighted by atomic mass is 10.0. The van der Waals surface area contributed by atoms with Crippen LogP contribution >= 0.6 is 0 Å². The van der Waals surface area contributed by atoms with Crippen LogP contribution in [-0.4, -0.2) is 5.97 Å². The van der Waals surface area contributed by atoms with Crippen LogP contribution in [0.3, 0.4) is 0 Å². The Hall–Kier alpha value is -1.42. The van der Waals surface area contributed by atoms with Crippen molar-refractivity contribution in [3.05, 3.63) is 35.6 Å². The molecule has 0 aliphatic rings. The van der Waals surface area contributed by atoms with Crippen LogP contribution < -0.4 is 10.8 Å². The van der Waals surface area contributed by atoms with Crippen LogP contribution in [0.4, 0.5) is 4.39 Å². The standard InChI is InChI=1S/C11H14FNO2/c12-9-6-4-8(5-7-9)10(13)2-1-3-11(14)15/h4-7,10H,1-3,13H2,(H,14,15)/t10-/m0/s1. The summed E-state index contributed by atoms with van der Waals surface area (Å²) in [5.41, 5.74) is 4.82. The maximum atomic E-state index is 12.6. The molecule has 0 unspecified atom stereocenters. The van der Waals surface area contributed by atoms with Gasteiger partial charge in [0.1, 0.15) is 11.9 Å². The highest BCUT2D eigenvalue weighted by Gasteiger charge is 2.08. The molecular weight excluding hydrogens is 197 g/mol. The van der Waals surface area contributed by atoms with E-state index in [0.717, 1.165) is 5.56 Å². The summed E-state index contributed by atoms with van der Waals surface area (Å²) in [4.78, 5) is 10.2. The average molecular weight is 211 g/mol. The lowest BCUT2D eigenvalue weighted by molar-refractivity contribution is -0.428. The van der Waals surface area contributed by atoms with Gasteiger partial charge in [-0.3, -0.25) is 0 Å². The summed E-state index contributed by atoms with van der Waals surface area (Å²) in [6.45, 7) is 0. The largest absolute Gasteiger partial charge is 0.550 e. The average Bonchev–Trinajstić information content (AvgIpc) is 2.18. The molecule has 1 aromatic rings. The summed E-state index contributed by atoms with van der Waals surface area (Å²) >= 11 is 0. The number of carboxylic acid groups (broad SMARTS) is 1. The normalized spacial score (nSPS) is 12.4. The molecule has 82 valence electrons. The van der Waals surface area contributed by atoms with Crippen molar-refractivity contribution in [2.75, 3.05) is 0 Å². The number of hydrogen-bond donors (Lipinski definition) is 1. The Balaban J connectivity index is 2.43. The summed E-state index contributed by atoms with van der Waals surface area (Å²) in [6, 6.07) is 6.11. The van der Waals surface area contributed by atoms with Crippen molar-refractivity contribution in [1.82, 2.24) is 0 Å². The van der Waals surface area contributed by atoms with E-state index in [-0.39, 0.29) is 18.3 Å². The third-order valence-corrected chi connectivity index (χ3v) is 2.27. The predicted octanol–water partition coefficient (Wildman–Crippen LogP) is 0.0289. The Bertz CT molecular complexity index is 324. The summed E-state index contributed by atoms with van der Waals surface area (Å²) in [7, 11) is 0. The lowest BCUT2D eigenvalue weighted by Crippen LogP contribution is -2.53. The highest BCUT2D eigenvalue weighted by molar-refractivity contribution is 5.64. The third-order valence-electron chi connectivity index (χ3n) is 2.27. The van der Waals surface area contributed by atoms with Crippen LogP contribution in [0.1, 0.15) is 30.9 Å². The first-order chi connectivity index (χ1) is 7.09. The Labute approximate surface area is 87.7 Å². The molecule has 0 radical (unpaired) electrons. The van der Waals surface area contributed by atoms with E-state index in [1.807, 2.05) is 0 Å². The van der Waals surface area contributed by atoms with Gasteiger partial charge in [0.25, 0.3) is 0 Å². The van der Waals surface area contributed by atoms with Gasteiger partial charge in [-0.05, 0) is 25.0 Å². The topological polar surface area (TPSA) is 67.8 Å². The molecule has 15 heavy (non-hydrogen) atoms. The van der Waals surface area contributed by atoms with Crippen LogP contribution in [0.25, 0.3) is 0 Å². The molecule has 0 saturated heterocycles. The van der Waals surface area contributed by atoms with Gasteiger partial charge in [-0.1, -0.05) is 12.1 Å². The molecule has 0 spiro atoms. The number of halogens is 1. The Kier molecular flexibility index (Phi) is 4.24. The number of carbonyl (C=O) groups is 1. The fourth-order valence-electron chi connectivity index (χ4n) is 1.39. The Morgan fingerprint density at radius 3 is 2.53 bits per heavy atom. The minimum atomic E-state index is -1.04. The Morgan fingerprint density at radius 1 is 1.40 bits per heavy atom. The van der Waals surface area contributed by atoms with E-state index < -0.39 is 5.97 Å². The maximum absolute atomic E-state index is 12.6. The molecule has 0 bridgehead atoms. The quantitative estimate of drug-likeness (QED) is 0.746. The molecule has 0 amide bonds. The van der Waals surface area contributed by atoms with E-state index >= 15 is 0 Å². The second-order valence-electron chi connectivity index (χ2n) is 3.51. The van der Waals surface area contributed by atoms with Crippen LogP contribution in [0.15, 0.2) is 24.3 Å². The zero-order valence-electron chi connectivity index (χ0n) is 8.41. The highest BCUT2D eigenvalue weighted by atomic mass is 19.1. The van der Waals surface area contributed by atoms with E-state index in [1.165, 1.54) is 12.1 Å². The van der Waals surface area contributed by atoms with Crippen molar-refractivity contribution in [3.63, 3.8) is 0 Å². The van der Waals surface area contributed by atoms with Gasteiger partial charge in [0.05, 0.1) is 0 Å². The molecule has 0 heterocycles. The van der Waals surface area contributed by atoms with Crippen molar-refractivity contribution in [1.29, 1.82) is 0 Å². The fourth-order valence-corrected chi connectivity index (χ4v) is 1.39. The minimum absolute atomic E-state index is 0.00458. The predicted molar refractivity (Wildman–Crippen MR) is 50.9 cm³/mol. The number of rotatable bonds is 5. The number of quaternary nitrogens is 1. The second kappa shape index (κ2) is 5.46. The van der Waals surface area contributed by atoms with E-state index in [0.29, 0.717) is 12.8 Å². The number of carbonyl (C=O) groups excluding carboxylic acids is 1. The van der Waals surface area contributed by atoms with Crippen LogP contribution in [-0.2, 0) is 4.79 Å². The second-order valence-corrected chi connectivity index (χ2v) is 3.51. The molecule has 0 aromatic heterocycles. The van der Waals surface area contributed by atoms with E-state index in [1.54, 1.807) is 12.1 Å². The lowest BCUT2D eigenvalue weighted by Gasteiger charge is -2.08. The molecule has 1 rings (SSSR count). The van der Waals surface area contributed by atoms with Crippen LogP contribution in [0.2, 0.25) is 0 Å². The Morgan fingerprint density at radius 2 is 2.00 bits per heavy atom. The monoisotopic (exact) mass is 211 g/mol. The third kappa shape index (κ3) is 4.08. The summed E-state index contributed by atoms with van der Waals surface area (Å²) in [5, 5.41) is 10.2. The van der Waals surface area contributed by atoms with E-state index in [2.05, 4.69) is 5.73 Å². The minimum Gasteiger partial charge on any atom is -0.550 e. The molecule has 0 fully saturated rings. The molecule has 3 nitrogen and oxygen atoms in total. The van der Waals surface area contributed by atoms with Crippen molar-refractivity contribution < 1.29 is 20.0 Å². The molecular formula is C11H14FNO2. The molecule has 4 heteroatoms.